The van der Waals surface area contributed by atoms with Gasteiger partial charge in [-0.15, -0.1) is 0 Å². The molecule has 0 aliphatic rings. The second-order valence-electron chi connectivity index (χ2n) is 3.24. The van der Waals surface area contributed by atoms with Crippen LogP contribution in [0, 0.1) is 0 Å². The first-order chi connectivity index (χ1) is 7.56. The number of carbonyl (C=O) groups is 3. The summed E-state index contributed by atoms with van der Waals surface area (Å²) in [5, 5.41) is 17.4. The molecule has 1 unspecified atom stereocenters. The minimum Gasteiger partial charge on any atom is -0.481 e. The van der Waals surface area contributed by atoms with E-state index < -0.39 is 18.0 Å². The van der Waals surface area contributed by atoms with Gasteiger partial charge in [0, 0.05) is 12.6 Å². The first kappa shape index (κ1) is 12.0. The Morgan fingerprint density at radius 2 is 2.12 bits per heavy atom. The molecular formula is C10H11NO5. The summed E-state index contributed by atoms with van der Waals surface area (Å²) in [5.41, 5.74) is 0.220. The van der Waals surface area contributed by atoms with Gasteiger partial charge in [0.2, 0.25) is 0 Å². The smallest absolute Gasteiger partial charge is 0.326 e. The summed E-state index contributed by atoms with van der Waals surface area (Å²) in [7, 11) is 0. The van der Waals surface area contributed by atoms with E-state index in [9.17, 15) is 14.4 Å². The van der Waals surface area contributed by atoms with Crippen molar-refractivity contribution in [1.29, 1.82) is 0 Å². The van der Waals surface area contributed by atoms with Gasteiger partial charge < -0.3 is 14.8 Å². The Labute approximate surface area is 91.1 Å². The molecule has 0 aromatic carbocycles. The van der Waals surface area contributed by atoms with Gasteiger partial charge in [-0.3, -0.25) is 9.59 Å². The largest absolute Gasteiger partial charge is 0.481 e. The molecular weight excluding hydrogens is 214 g/mol. The van der Waals surface area contributed by atoms with Gasteiger partial charge in [-0.25, -0.2) is 4.79 Å². The third-order valence-corrected chi connectivity index (χ3v) is 2.19. The van der Waals surface area contributed by atoms with Crippen molar-refractivity contribution in [3.63, 3.8) is 0 Å². The number of aliphatic carboxylic acids is 2. The number of carboxylic acid groups (broad SMARTS) is 2. The van der Waals surface area contributed by atoms with Crippen LogP contribution in [-0.4, -0.2) is 33.0 Å². The standard InChI is InChI=1S/C10H11NO5/c12-6-7-2-1-5-11(7)8(10(15)16)3-4-9(13)14/h1-2,5-6,8H,3-4H2,(H,13,14)(H,15,16). The van der Waals surface area contributed by atoms with Crippen LogP contribution >= 0.6 is 0 Å². The first-order valence-electron chi connectivity index (χ1n) is 4.63. The highest BCUT2D eigenvalue weighted by Crippen LogP contribution is 2.17. The van der Waals surface area contributed by atoms with Gasteiger partial charge >= 0.3 is 11.9 Å². The number of hydrogen-bond acceptors (Lipinski definition) is 3. The summed E-state index contributed by atoms with van der Waals surface area (Å²) in [4.78, 5) is 32.0. The molecule has 1 rings (SSSR count). The summed E-state index contributed by atoms with van der Waals surface area (Å²) in [6, 6.07) is 2.00. The molecule has 1 heterocycles. The van der Waals surface area contributed by atoms with E-state index in [0.717, 1.165) is 0 Å². The van der Waals surface area contributed by atoms with E-state index in [1.165, 1.54) is 16.8 Å². The molecule has 0 radical (unpaired) electrons. The van der Waals surface area contributed by atoms with Gasteiger partial charge in [0.1, 0.15) is 6.04 Å². The van der Waals surface area contributed by atoms with Crippen LogP contribution in [0.5, 0.6) is 0 Å². The number of aldehydes is 1. The Morgan fingerprint density at radius 3 is 2.62 bits per heavy atom. The summed E-state index contributed by atoms with van der Waals surface area (Å²) < 4.78 is 1.26. The highest BCUT2D eigenvalue weighted by molar-refractivity contribution is 5.77. The van der Waals surface area contributed by atoms with E-state index in [0.29, 0.717) is 6.29 Å². The highest BCUT2D eigenvalue weighted by Gasteiger charge is 2.21. The molecule has 0 fully saturated rings. The molecule has 0 spiro atoms. The minimum atomic E-state index is -1.15. The topological polar surface area (TPSA) is 96.6 Å². The van der Waals surface area contributed by atoms with Crippen molar-refractivity contribution >= 4 is 18.2 Å². The fourth-order valence-corrected chi connectivity index (χ4v) is 1.43. The van der Waals surface area contributed by atoms with Gasteiger partial charge in [-0.1, -0.05) is 0 Å². The lowest BCUT2D eigenvalue weighted by atomic mass is 10.1. The molecule has 0 amide bonds. The van der Waals surface area contributed by atoms with Crippen LogP contribution in [0.4, 0.5) is 0 Å². The van der Waals surface area contributed by atoms with Crippen molar-refractivity contribution in [2.24, 2.45) is 0 Å². The molecule has 2 N–H and O–H groups in total. The van der Waals surface area contributed by atoms with Crippen LogP contribution in [-0.2, 0) is 9.59 Å². The second-order valence-corrected chi connectivity index (χ2v) is 3.24. The molecule has 0 saturated heterocycles. The Bertz CT molecular complexity index is 409. The number of carboxylic acids is 2. The van der Waals surface area contributed by atoms with Crippen molar-refractivity contribution < 1.29 is 24.6 Å². The van der Waals surface area contributed by atoms with Crippen molar-refractivity contribution in [3.8, 4) is 0 Å². The second kappa shape index (κ2) is 5.11. The van der Waals surface area contributed by atoms with Crippen molar-refractivity contribution in [1.82, 2.24) is 4.57 Å². The van der Waals surface area contributed by atoms with Gasteiger partial charge in [0.05, 0.1) is 5.69 Å². The number of carbonyl (C=O) groups excluding carboxylic acids is 1. The average Bonchev–Trinajstić information content (AvgIpc) is 2.65. The van der Waals surface area contributed by atoms with Crippen LogP contribution < -0.4 is 0 Å². The summed E-state index contributed by atoms with van der Waals surface area (Å²) in [6.45, 7) is 0. The highest BCUT2D eigenvalue weighted by atomic mass is 16.4. The normalized spacial score (nSPS) is 12.0. The summed E-state index contributed by atoms with van der Waals surface area (Å²) in [5.74, 6) is -2.22. The zero-order valence-electron chi connectivity index (χ0n) is 8.37. The van der Waals surface area contributed by atoms with Gasteiger partial charge in [0.25, 0.3) is 0 Å². The maximum absolute atomic E-state index is 10.9. The van der Waals surface area contributed by atoms with Crippen LogP contribution in [0.15, 0.2) is 18.3 Å². The Kier molecular flexibility index (Phi) is 3.82. The van der Waals surface area contributed by atoms with E-state index in [1.807, 2.05) is 0 Å². The fraction of sp³-hybridized carbons (Fsp3) is 0.300. The Hall–Kier alpha value is -2.11. The summed E-state index contributed by atoms with van der Waals surface area (Å²) in [6.07, 6.45) is 1.68. The lowest BCUT2D eigenvalue weighted by molar-refractivity contribution is -0.142. The molecule has 1 aromatic heterocycles. The molecule has 0 aliphatic heterocycles. The summed E-state index contributed by atoms with van der Waals surface area (Å²) >= 11 is 0. The molecule has 1 atom stereocenters. The predicted octanol–water partition coefficient (Wildman–Crippen LogP) is 0.791. The molecule has 0 aliphatic carbocycles. The van der Waals surface area contributed by atoms with E-state index in [4.69, 9.17) is 10.2 Å². The predicted molar refractivity (Wildman–Crippen MR) is 53.4 cm³/mol. The SMILES string of the molecule is O=Cc1cccn1C(CCC(=O)O)C(=O)O. The Balaban J connectivity index is 2.89. The fourth-order valence-electron chi connectivity index (χ4n) is 1.43. The van der Waals surface area contributed by atoms with E-state index in [-0.39, 0.29) is 18.5 Å². The molecule has 1 aromatic rings. The maximum Gasteiger partial charge on any atom is 0.326 e. The van der Waals surface area contributed by atoms with Gasteiger partial charge in [-0.2, -0.15) is 0 Å². The quantitative estimate of drug-likeness (QED) is 0.697. The monoisotopic (exact) mass is 225 g/mol. The zero-order chi connectivity index (χ0) is 12.1. The lowest BCUT2D eigenvalue weighted by Crippen LogP contribution is -2.21. The van der Waals surface area contributed by atoms with Crippen molar-refractivity contribution in [3.05, 3.63) is 24.0 Å². The van der Waals surface area contributed by atoms with Gasteiger partial charge in [0.15, 0.2) is 6.29 Å². The first-order valence-corrected chi connectivity index (χ1v) is 4.63. The molecule has 16 heavy (non-hydrogen) atoms. The van der Waals surface area contributed by atoms with Gasteiger partial charge in [-0.05, 0) is 18.6 Å². The van der Waals surface area contributed by atoms with Crippen LogP contribution in [0.1, 0.15) is 29.4 Å². The maximum atomic E-state index is 10.9. The van der Waals surface area contributed by atoms with Crippen molar-refractivity contribution in [2.75, 3.05) is 0 Å². The lowest BCUT2D eigenvalue weighted by Gasteiger charge is -2.14. The number of aromatic nitrogens is 1. The van der Waals surface area contributed by atoms with E-state index >= 15 is 0 Å². The molecule has 0 bridgehead atoms. The van der Waals surface area contributed by atoms with Crippen LogP contribution in [0.2, 0.25) is 0 Å². The van der Waals surface area contributed by atoms with Crippen LogP contribution in [0.3, 0.4) is 0 Å². The molecule has 6 heteroatoms. The van der Waals surface area contributed by atoms with Crippen molar-refractivity contribution in [2.45, 2.75) is 18.9 Å². The Morgan fingerprint density at radius 1 is 1.44 bits per heavy atom. The minimum absolute atomic E-state index is 0.0554. The van der Waals surface area contributed by atoms with Crippen LogP contribution in [0.25, 0.3) is 0 Å². The number of nitrogens with zero attached hydrogens (tertiary/aromatic N) is 1. The molecule has 6 nitrogen and oxygen atoms in total. The van der Waals surface area contributed by atoms with E-state index in [2.05, 4.69) is 0 Å². The third kappa shape index (κ3) is 2.69. The average molecular weight is 225 g/mol. The number of hydrogen-bond donors (Lipinski definition) is 2. The molecule has 86 valence electrons. The third-order valence-electron chi connectivity index (χ3n) is 2.19. The number of rotatable bonds is 6. The zero-order valence-corrected chi connectivity index (χ0v) is 8.37. The molecule has 0 saturated carbocycles. The van der Waals surface area contributed by atoms with E-state index in [1.54, 1.807) is 6.07 Å².